The Labute approximate surface area is 134 Å². The van der Waals surface area contributed by atoms with Gasteiger partial charge in [-0.1, -0.05) is 40.0 Å². The monoisotopic (exact) mass is 309 g/mol. The predicted octanol–water partition coefficient (Wildman–Crippen LogP) is 4.54. The number of hydrogen-bond acceptors (Lipinski definition) is 4. The molecule has 0 aromatic carbocycles. The van der Waals surface area contributed by atoms with Crippen molar-refractivity contribution in [3.05, 3.63) is 10.6 Å². The molecule has 0 aliphatic carbocycles. The van der Waals surface area contributed by atoms with Crippen molar-refractivity contribution in [3.8, 4) is 0 Å². The van der Waals surface area contributed by atoms with Gasteiger partial charge in [0.15, 0.2) is 5.13 Å². The highest BCUT2D eigenvalue weighted by Crippen LogP contribution is 2.31. The van der Waals surface area contributed by atoms with E-state index in [2.05, 4.69) is 31.0 Å². The molecule has 1 aliphatic rings. The molecule has 0 amide bonds. The van der Waals surface area contributed by atoms with Crippen LogP contribution in [0.15, 0.2) is 0 Å². The van der Waals surface area contributed by atoms with Crippen LogP contribution in [0.1, 0.15) is 75.8 Å². The fraction of sp³-hybridized carbons (Fsp3) is 0.824. The molecule has 1 fully saturated rings. The van der Waals surface area contributed by atoms with Crippen LogP contribution in [-0.4, -0.2) is 24.6 Å². The van der Waals surface area contributed by atoms with Crippen LogP contribution in [0.25, 0.3) is 0 Å². The summed E-state index contributed by atoms with van der Waals surface area (Å²) in [6, 6.07) is 0. The van der Waals surface area contributed by atoms with Crippen molar-refractivity contribution in [3.63, 3.8) is 0 Å². The Balaban J connectivity index is 2.09. The van der Waals surface area contributed by atoms with E-state index in [1.54, 1.807) is 0 Å². The molecule has 120 valence electrons. The van der Waals surface area contributed by atoms with Gasteiger partial charge in [-0.3, -0.25) is 0 Å². The van der Waals surface area contributed by atoms with Crippen LogP contribution in [0, 0.1) is 0 Å². The van der Waals surface area contributed by atoms with E-state index in [1.165, 1.54) is 67.3 Å². The summed E-state index contributed by atoms with van der Waals surface area (Å²) in [5, 5.41) is 4.80. The largest absolute Gasteiger partial charge is 0.348 e. The van der Waals surface area contributed by atoms with Gasteiger partial charge >= 0.3 is 0 Å². The van der Waals surface area contributed by atoms with Crippen molar-refractivity contribution in [1.29, 1.82) is 0 Å². The van der Waals surface area contributed by atoms with Gasteiger partial charge in [-0.2, -0.15) is 0 Å². The fourth-order valence-corrected chi connectivity index (χ4v) is 4.12. The first kappa shape index (κ1) is 16.8. The number of anilines is 1. The lowest BCUT2D eigenvalue weighted by atomic mass is 10.1. The zero-order chi connectivity index (χ0) is 15.1. The summed E-state index contributed by atoms with van der Waals surface area (Å²) in [6.07, 6.45) is 8.00. The van der Waals surface area contributed by atoms with Crippen molar-refractivity contribution >= 4 is 16.5 Å². The molecule has 1 N–H and O–H groups in total. The Morgan fingerprint density at radius 2 is 1.81 bits per heavy atom. The highest BCUT2D eigenvalue weighted by atomic mass is 32.1. The van der Waals surface area contributed by atoms with Crippen molar-refractivity contribution in [1.82, 2.24) is 10.3 Å². The number of nitrogens with zero attached hydrogens (tertiary/aromatic N) is 2. The minimum Gasteiger partial charge on any atom is -0.348 e. The van der Waals surface area contributed by atoms with E-state index >= 15 is 0 Å². The van der Waals surface area contributed by atoms with Crippen molar-refractivity contribution in [2.45, 2.75) is 71.8 Å². The van der Waals surface area contributed by atoms with Crippen LogP contribution < -0.4 is 10.2 Å². The maximum absolute atomic E-state index is 4.99. The van der Waals surface area contributed by atoms with Gasteiger partial charge in [0.2, 0.25) is 0 Å². The minimum atomic E-state index is 0.517. The first-order valence-electron chi connectivity index (χ1n) is 8.67. The Morgan fingerprint density at radius 3 is 2.43 bits per heavy atom. The van der Waals surface area contributed by atoms with Crippen LogP contribution in [0.5, 0.6) is 0 Å². The number of aromatic nitrogens is 1. The van der Waals surface area contributed by atoms with Crippen LogP contribution in [0.2, 0.25) is 0 Å². The van der Waals surface area contributed by atoms with E-state index in [-0.39, 0.29) is 0 Å². The van der Waals surface area contributed by atoms with E-state index in [4.69, 9.17) is 4.98 Å². The molecular weight excluding hydrogens is 278 g/mol. The lowest BCUT2D eigenvalue weighted by molar-refractivity contribution is 0.555. The Morgan fingerprint density at radius 1 is 1.14 bits per heavy atom. The molecule has 1 aromatic heterocycles. The van der Waals surface area contributed by atoms with E-state index in [9.17, 15) is 0 Å². The molecule has 0 spiro atoms. The van der Waals surface area contributed by atoms with Gasteiger partial charge in [-0.15, -0.1) is 11.3 Å². The molecule has 1 aliphatic heterocycles. The summed E-state index contributed by atoms with van der Waals surface area (Å²) in [5.41, 5.74) is 1.31. The third-order valence-corrected chi connectivity index (χ3v) is 5.23. The molecule has 0 radical (unpaired) electrons. The topological polar surface area (TPSA) is 28.2 Å². The van der Waals surface area contributed by atoms with Gasteiger partial charge in [0.05, 0.1) is 5.69 Å². The second-order valence-corrected chi connectivity index (χ2v) is 7.45. The van der Waals surface area contributed by atoms with E-state index in [0.29, 0.717) is 5.92 Å². The number of rotatable bonds is 6. The lowest BCUT2D eigenvalue weighted by Gasteiger charge is -2.24. The van der Waals surface area contributed by atoms with Crippen molar-refractivity contribution in [2.75, 3.05) is 24.5 Å². The first-order chi connectivity index (χ1) is 10.2. The molecule has 0 bridgehead atoms. The quantitative estimate of drug-likeness (QED) is 0.782. The summed E-state index contributed by atoms with van der Waals surface area (Å²) >= 11 is 1.91. The van der Waals surface area contributed by atoms with Gasteiger partial charge in [0.25, 0.3) is 0 Å². The summed E-state index contributed by atoms with van der Waals surface area (Å²) in [4.78, 5) is 8.96. The molecule has 0 unspecified atom stereocenters. The smallest absolute Gasteiger partial charge is 0.185 e. The SMILES string of the molecule is CCCNCc1sc(N2CCCCCCC2)nc1C(C)C. The molecule has 3 nitrogen and oxygen atoms in total. The van der Waals surface area contributed by atoms with Crippen molar-refractivity contribution < 1.29 is 0 Å². The lowest BCUT2D eigenvalue weighted by Crippen LogP contribution is -2.26. The molecule has 1 aromatic rings. The second-order valence-electron chi connectivity index (χ2n) is 6.39. The summed E-state index contributed by atoms with van der Waals surface area (Å²) in [6.45, 7) is 11.2. The second kappa shape index (κ2) is 8.74. The van der Waals surface area contributed by atoms with Gasteiger partial charge in [0, 0.05) is 24.5 Å². The van der Waals surface area contributed by atoms with Gasteiger partial charge < -0.3 is 10.2 Å². The third-order valence-electron chi connectivity index (χ3n) is 4.10. The molecule has 0 atom stereocenters. The Hall–Kier alpha value is -0.610. The number of thiazole rings is 1. The maximum Gasteiger partial charge on any atom is 0.185 e. The predicted molar refractivity (Wildman–Crippen MR) is 93.5 cm³/mol. The van der Waals surface area contributed by atoms with Gasteiger partial charge in [0.1, 0.15) is 0 Å². The van der Waals surface area contributed by atoms with Gasteiger partial charge in [-0.05, 0) is 31.7 Å². The molecule has 21 heavy (non-hydrogen) atoms. The highest BCUT2D eigenvalue weighted by Gasteiger charge is 2.18. The maximum atomic E-state index is 4.99. The fourth-order valence-electron chi connectivity index (χ4n) is 2.88. The Kier molecular flexibility index (Phi) is 6.97. The molecule has 2 rings (SSSR count). The number of hydrogen-bond donors (Lipinski definition) is 1. The zero-order valence-electron chi connectivity index (χ0n) is 14.0. The van der Waals surface area contributed by atoms with Crippen LogP contribution >= 0.6 is 11.3 Å². The third kappa shape index (κ3) is 4.96. The normalized spacial score (nSPS) is 17.0. The van der Waals surface area contributed by atoms with E-state index in [0.717, 1.165) is 13.1 Å². The zero-order valence-corrected chi connectivity index (χ0v) is 14.8. The summed E-state index contributed by atoms with van der Waals surface area (Å²) in [5.74, 6) is 0.517. The van der Waals surface area contributed by atoms with Crippen molar-refractivity contribution in [2.24, 2.45) is 0 Å². The summed E-state index contributed by atoms with van der Waals surface area (Å²) < 4.78 is 0. The minimum absolute atomic E-state index is 0.517. The molecular formula is C17H31N3S. The molecule has 0 saturated carbocycles. The summed E-state index contributed by atoms with van der Waals surface area (Å²) in [7, 11) is 0. The molecule has 4 heteroatoms. The first-order valence-corrected chi connectivity index (χ1v) is 9.49. The van der Waals surface area contributed by atoms with Crippen LogP contribution in [-0.2, 0) is 6.54 Å². The molecule has 2 heterocycles. The van der Waals surface area contributed by atoms with Gasteiger partial charge in [-0.25, -0.2) is 4.98 Å². The Bertz CT molecular complexity index is 406. The van der Waals surface area contributed by atoms with E-state index in [1.807, 2.05) is 11.3 Å². The average Bonchev–Trinajstić information content (AvgIpc) is 2.83. The highest BCUT2D eigenvalue weighted by molar-refractivity contribution is 7.15. The van der Waals surface area contributed by atoms with Crippen LogP contribution in [0.3, 0.4) is 0 Å². The average molecular weight is 310 g/mol. The van der Waals surface area contributed by atoms with E-state index < -0.39 is 0 Å². The standard InChI is InChI=1S/C17H31N3S/c1-4-10-18-13-15-16(14(2)3)19-17(21-15)20-11-8-6-5-7-9-12-20/h14,18H,4-13H2,1-3H3. The number of nitrogens with one attached hydrogen (secondary N) is 1. The molecule has 1 saturated heterocycles. The van der Waals surface area contributed by atoms with Crippen LogP contribution in [0.4, 0.5) is 5.13 Å².